The molecule has 1 fully saturated rings. The van der Waals surface area contributed by atoms with E-state index < -0.39 is 9.84 Å². The third-order valence-electron chi connectivity index (χ3n) is 4.75. The maximum Gasteiger partial charge on any atom is 0.315 e. The molecule has 2 amide bonds. The van der Waals surface area contributed by atoms with Gasteiger partial charge in [0.1, 0.15) is 0 Å². The van der Waals surface area contributed by atoms with Crippen molar-refractivity contribution in [3.8, 4) is 0 Å². The summed E-state index contributed by atoms with van der Waals surface area (Å²) in [4.78, 5) is 14.4. The molecular formula is C16H27N5O3S. The topological polar surface area (TPSA) is 96.3 Å². The van der Waals surface area contributed by atoms with Gasteiger partial charge in [0, 0.05) is 19.1 Å². The van der Waals surface area contributed by atoms with Gasteiger partial charge in [0.15, 0.2) is 9.84 Å². The number of carbonyl (C=O) groups excluding carboxylic acids is 1. The number of carbonyl (C=O) groups is 1. The van der Waals surface area contributed by atoms with Crippen LogP contribution < -0.4 is 10.6 Å². The van der Waals surface area contributed by atoms with Gasteiger partial charge in [-0.15, -0.1) is 0 Å². The number of nitrogens with one attached hydrogen (secondary N) is 2. The minimum atomic E-state index is -2.99. The van der Waals surface area contributed by atoms with Crippen LogP contribution in [-0.2, 0) is 29.5 Å². The molecule has 3 heterocycles. The summed E-state index contributed by atoms with van der Waals surface area (Å²) in [6.07, 6.45) is 2.89. The minimum absolute atomic E-state index is 0.0345. The van der Waals surface area contributed by atoms with Crippen LogP contribution >= 0.6 is 0 Å². The van der Waals surface area contributed by atoms with Crippen molar-refractivity contribution in [3.05, 3.63) is 17.5 Å². The second-order valence-electron chi connectivity index (χ2n) is 6.91. The summed E-state index contributed by atoms with van der Waals surface area (Å²) in [5, 5.41) is 10.0. The van der Waals surface area contributed by atoms with Crippen LogP contribution in [0.4, 0.5) is 4.79 Å². The van der Waals surface area contributed by atoms with Gasteiger partial charge in [-0.05, 0) is 25.5 Å². The predicted molar refractivity (Wildman–Crippen MR) is 94.8 cm³/mol. The Labute approximate surface area is 148 Å². The van der Waals surface area contributed by atoms with Crippen molar-refractivity contribution < 1.29 is 13.2 Å². The highest BCUT2D eigenvalue weighted by Gasteiger charge is 2.28. The molecule has 8 nitrogen and oxygen atoms in total. The van der Waals surface area contributed by atoms with Gasteiger partial charge in [-0.3, -0.25) is 9.58 Å². The van der Waals surface area contributed by atoms with Crippen LogP contribution in [-0.4, -0.2) is 59.8 Å². The number of hydrogen-bond donors (Lipinski definition) is 2. The van der Waals surface area contributed by atoms with E-state index in [4.69, 9.17) is 0 Å². The van der Waals surface area contributed by atoms with E-state index in [1.807, 2.05) is 10.7 Å². The highest BCUT2D eigenvalue weighted by Crippen LogP contribution is 2.14. The summed E-state index contributed by atoms with van der Waals surface area (Å²) in [5.41, 5.74) is 2.02. The quantitative estimate of drug-likeness (QED) is 0.761. The first-order valence-electron chi connectivity index (χ1n) is 8.98. The molecule has 1 aromatic heterocycles. The Morgan fingerprint density at radius 3 is 2.96 bits per heavy atom. The SMILES string of the molecule is CCCCN1CCn2nc(CNC(=O)NC3CCS(=O)(=O)C3)cc2C1. The maximum atomic E-state index is 11.9. The lowest BCUT2D eigenvalue weighted by atomic mass is 10.2. The summed E-state index contributed by atoms with van der Waals surface area (Å²) in [6.45, 7) is 6.45. The van der Waals surface area contributed by atoms with Crippen LogP contribution in [0, 0.1) is 0 Å². The summed E-state index contributed by atoms with van der Waals surface area (Å²) in [6, 6.07) is 1.42. The molecule has 1 atom stereocenters. The monoisotopic (exact) mass is 369 g/mol. The van der Waals surface area contributed by atoms with Gasteiger partial charge in [-0.1, -0.05) is 13.3 Å². The summed E-state index contributed by atoms with van der Waals surface area (Å²) >= 11 is 0. The van der Waals surface area contributed by atoms with E-state index in [9.17, 15) is 13.2 Å². The van der Waals surface area contributed by atoms with Gasteiger partial charge in [0.25, 0.3) is 0 Å². The lowest BCUT2D eigenvalue weighted by Crippen LogP contribution is -2.42. The summed E-state index contributed by atoms with van der Waals surface area (Å²) < 4.78 is 24.9. The molecule has 9 heteroatoms. The first-order valence-corrected chi connectivity index (χ1v) is 10.8. The largest absolute Gasteiger partial charge is 0.334 e. The Balaban J connectivity index is 1.46. The smallest absolute Gasteiger partial charge is 0.315 e. The van der Waals surface area contributed by atoms with Gasteiger partial charge >= 0.3 is 6.03 Å². The molecule has 25 heavy (non-hydrogen) atoms. The first kappa shape index (κ1) is 18.2. The van der Waals surface area contributed by atoms with E-state index in [1.165, 1.54) is 18.5 Å². The van der Waals surface area contributed by atoms with Gasteiger partial charge < -0.3 is 10.6 Å². The number of hydrogen-bond acceptors (Lipinski definition) is 5. The fraction of sp³-hybridized carbons (Fsp3) is 0.750. The highest BCUT2D eigenvalue weighted by atomic mass is 32.2. The molecule has 1 saturated heterocycles. The number of rotatable bonds is 6. The molecule has 3 rings (SSSR count). The zero-order valence-electron chi connectivity index (χ0n) is 14.7. The normalized spacial score (nSPS) is 22.5. The van der Waals surface area contributed by atoms with Crippen LogP contribution in [0.25, 0.3) is 0 Å². The number of sulfone groups is 1. The number of amides is 2. The second-order valence-corrected chi connectivity index (χ2v) is 9.14. The molecule has 0 aliphatic carbocycles. The Bertz CT molecular complexity index is 715. The molecule has 2 N–H and O–H groups in total. The lowest BCUT2D eigenvalue weighted by molar-refractivity contribution is 0.210. The van der Waals surface area contributed by atoms with Crippen molar-refractivity contribution >= 4 is 15.9 Å². The maximum absolute atomic E-state index is 11.9. The van der Waals surface area contributed by atoms with Gasteiger partial charge in [0.2, 0.25) is 0 Å². The molecule has 0 saturated carbocycles. The first-order chi connectivity index (χ1) is 11.9. The molecule has 0 aromatic carbocycles. The third kappa shape index (κ3) is 4.94. The van der Waals surface area contributed by atoms with E-state index >= 15 is 0 Å². The van der Waals surface area contributed by atoms with Gasteiger partial charge in [0.05, 0.1) is 36.0 Å². The molecule has 0 radical (unpaired) electrons. The van der Waals surface area contributed by atoms with Gasteiger partial charge in [-0.2, -0.15) is 5.10 Å². The molecule has 140 valence electrons. The Kier molecular flexibility index (Phi) is 5.63. The summed E-state index contributed by atoms with van der Waals surface area (Å²) in [7, 11) is -2.99. The molecule has 1 unspecified atom stereocenters. The van der Waals surface area contributed by atoms with E-state index in [0.29, 0.717) is 13.0 Å². The molecule has 1 aromatic rings. The average molecular weight is 369 g/mol. The number of fused-ring (bicyclic) bond motifs is 1. The molecule has 2 aliphatic rings. The van der Waals surface area contributed by atoms with Crippen molar-refractivity contribution in [3.63, 3.8) is 0 Å². The lowest BCUT2D eigenvalue weighted by Gasteiger charge is -2.27. The van der Waals surface area contributed by atoms with Crippen molar-refractivity contribution in [2.45, 2.75) is 51.9 Å². The van der Waals surface area contributed by atoms with Crippen molar-refractivity contribution in [2.24, 2.45) is 0 Å². The van der Waals surface area contributed by atoms with E-state index in [1.54, 1.807) is 0 Å². The van der Waals surface area contributed by atoms with E-state index in [0.717, 1.165) is 31.9 Å². The van der Waals surface area contributed by atoms with Crippen molar-refractivity contribution in [1.82, 2.24) is 25.3 Å². The number of unbranched alkanes of at least 4 members (excludes halogenated alkanes) is 1. The van der Waals surface area contributed by atoms with Crippen LogP contribution in [0.1, 0.15) is 37.6 Å². The fourth-order valence-electron chi connectivity index (χ4n) is 3.36. The predicted octanol–water partition coefficient (Wildman–Crippen LogP) is 0.485. The van der Waals surface area contributed by atoms with Crippen LogP contribution in [0.15, 0.2) is 6.07 Å². The van der Waals surface area contributed by atoms with Crippen molar-refractivity contribution in [1.29, 1.82) is 0 Å². The van der Waals surface area contributed by atoms with E-state index in [-0.39, 0.29) is 23.6 Å². The Morgan fingerprint density at radius 2 is 2.24 bits per heavy atom. The minimum Gasteiger partial charge on any atom is -0.334 e. The Morgan fingerprint density at radius 1 is 1.40 bits per heavy atom. The van der Waals surface area contributed by atoms with Crippen LogP contribution in [0.5, 0.6) is 0 Å². The summed E-state index contributed by atoms with van der Waals surface area (Å²) in [5.74, 6) is 0.188. The fourth-order valence-corrected chi connectivity index (χ4v) is 5.03. The van der Waals surface area contributed by atoms with Crippen molar-refractivity contribution in [2.75, 3.05) is 24.6 Å². The Hall–Kier alpha value is -1.61. The number of nitrogens with zero attached hydrogens (tertiary/aromatic N) is 3. The van der Waals surface area contributed by atoms with Crippen LogP contribution in [0.3, 0.4) is 0 Å². The second kappa shape index (κ2) is 7.74. The van der Waals surface area contributed by atoms with E-state index in [2.05, 4.69) is 27.6 Å². The standard InChI is InChI=1S/C16H27N5O3S/c1-2-3-5-20-6-7-21-15(11-20)9-14(19-21)10-17-16(22)18-13-4-8-25(23,24)12-13/h9,13H,2-8,10-12H2,1H3,(H2,17,18,22). The molecular weight excluding hydrogens is 342 g/mol. The average Bonchev–Trinajstić information content (AvgIpc) is 3.12. The number of urea groups is 1. The van der Waals surface area contributed by atoms with Crippen LogP contribution in [0.2, 0.25) is 0 Å². The zero-order valence-corrected chi connectivity index (χ0v) is 15.5. The number of aromatic nitrogens is 2. The van der Waals surface area contributed by atoms with Gasteiger partial charge in [-0.25, -0.2) is 13.2 Å². The highest BCUT2D eigenvalue weighted by molar-refractivity contribution is 7.91. The molecule has 0 bridgehead atoms. The molecule has 2 aliphatic heterocycles. The molecule has 0 spiro atoms. The zero-order chi connectivity index (χ0) is 17.9. The third-order valence-corrected chi connectivity index (χ3v) is 6.52.